The summed E-state index contributed by atoms with van der Waals surface area (Å²) in [5, 5.41) is 3.65. The molecule has 2 aromatic rings. The maximum atomic E-state index is 6.00. The van der Waals surface area contributed by atoms with E-state index in [0.29, 0.717) is 6.61 Å². The molecule has 1 N–H and O–H groups in total. The molecule has 0 atom stereocenters. The van der Waals surface area contributed by atoms with Crippen LogP contribution in [0, 0.1) is 6.92 Å². The molecule has 0 fully saturated rings. The average molecular weight is 291 g/mol. The maximum Gasteiger partial charge on any atom is 0.127 e. The molecule has 2 nitrogen and oxygen atoms in total. The molecule has 0 spiro atoms. The van der Waals surface area contributed by atoms with Crippen molar-refractivity contribution in [3.63, 3.8) is 0 Å². The summed E-state index contributed by atoms with van der Waals surface area (Å²) in [5.74, 6) is 0.989. The van der Waals surface area contributed by atoms with Crippen LogP contribution in [0.1, 0.15) is 37.5 Å². The highest BCUT2D eigenvalue weighted by Gasteiger charge is 2.28. The van der Waals surface area contributed by atoms with Gasteiger partial charge in [0.25, 0.3) is 0 Å². The van der Waals surface area contributed by atoms with Crippen LogP contribution in [0.4, 0.5) is 5.69 Å². The lowest BCUT2D eigenvalue weighted by Gasteiger charge is -2.35. The second-order valence-electron chi connectivity index (χ2n) is 6.92. The molecular formula is C20H21NO. The molecule has 0 radical (unpaired) electrons. The van der Waals surface area contributed by atoms with E-state index in [1.54, 1.807) is 0 Å². The van der Waals surface area contributed by atoms with Crippen molar-refractivity contribution >= 4 is 11.8 Å². The summed E-state index contributed by atoms with van der Waals surface area (Å²) in [4.78, 5) is 0. The fraction of sp³-hybridized carbons (Fsp3) is 0.300. The molecule has 22 heavy (non-hydrogen) atoms. The molecule has 0 aliphatic carbocycles. The number of anilines is 1. The summed E-state index contributed by atoms with van der Waals surface area (Å²) in [7, 11) is 0. The molecule has 112 valence electrons. The van der Waals surface area contributed by atoms with Crippen LogP contribution >= 0.6 is 0 Å². The topological polar surface area (TPSA) is 21.3 Å². The van der Waals surface area contributed by atoms with Crippen molar-refractivity contribution in [2.45, 2.75) is 39.8 Å². The van der Waals surface area contributed by atoms with Crippen molar-refractivity contribution < 1.29 is 4.74 Å². The van der Waals surface area contributed by atoms with Crippen LogP contribution in [0.5, 0.6) is 5.75 Å². The van der Waals surface area contributed by atoms with Crippen molar-refractivity contribution in [3.8, 4) is 16.9 Å². The van der Waals surface area contributed by atoms with E-state index in [0.717, 1.165) is 5.75 Å². The Kier molecular flexibility index (Phi) is 2.68. The second-order valence-corrected chi connectivity index (χ2v) is 6.92. The number of nitrogens with one attached hydrogen (secondary N) is 1. The quantitative estimate of drug-likeness (QED) is 0.723. The van der Waals surface area contributed by atoms with Crippen LogP contribution in [-0.2, 0) is 6.61 Å². The lowest BCUT2D eigenvalue weighted by molar-refractivity contribution is 0.302. The first kappa shape index (κ1) is 13.4. The second kappa shape index (κ2) is 4.39. The van der Waals surface area contributed by atoms with Gasteiger partial charge in [-0.15, -0.1) is 0 Å². The molecule has 2 aliphatic heterocycles. The molecule has 0 amide bonds. The molecule has 0 saturated carbocycles. The van der Waals surface area contributed by atoms with Crippen molar-refractivity contribution in [2.75, 3.05) is 5.32 Å². The van der Waals surface area contributed by atoms with Crippen LogP contribution < -0.4 is 10.1 Å². The van der Waals surface area contributed by atoms with E-state index >= 15 is 0 Å². The molecule has 0 bridgehead atoms. The van der Waals surface area contributed by atoms with E-state index in [1.807, 2.05) is 0 Å². The van der Waals surface area contributed by atoms with Gasteiger partial charge in [-0.05, 0) is 57.0 Å². The maximum absolute atomic E-state index is 6.00. The van der Waals surface area contributed by atoms with Gasteiger partial charge < -0.3 is 10.1 Å². The van der Waals surface area contributed by atoms with Crippen LogP contribution in [-0.4, -0.2) is 5.54 Å². The Hall–Kier alpha value is -2.22. The first-order valence-corrected chi connectivity index (χ1v) is 7.82. The monoisotopic (exact) mass is 291 g/mol. The predicted molar refractivity (Wildman–Crippen MR) is 92.3 cm³/mol. The third-order valence-corrected chi connectivity index (χ3v) is 4.95. The van der Waals surface area contributed by atoms with Crippen LogP contribution in [0.15, 0.2) is 35.9 Å². The number of ether oxygens (including phenoxy) is 1. The molecular weight excluding hydrogens is 270 g/mol. The van der Waals surface area contributed by atoms with Crippen molar-refractivity contribution in [2.24, 2.45) is 0 Å². The number of hydrogen-bond donors (Lipinski definition) is 1. The number of fused-ring (bicyclic) bond motifs is 5. The molecule has 0 aromatic heterocycles. The van der Waals surface area contributed by atoms with Gasteiger partial charge in [0.2, 0.25) is 0 Å². The minimum atomic E-state index is 0.00521. The normalized spacial score (nSPS) is 17.4. The van der Waals surface area contributed by atoms with Gasteiger partial charge in [0, 0.05) is 22.4 Å². The van der Waals surface area contributed by atoms with Gasteiger partial charge in [0.05, 0.1) is 5.54 Å². The van der Waals surface area contributed by atoms with Crippen LogP contribution in [0.2, 0.25) is 0 Å². The highest BCUT2D eigenvalue weighted by Crippen LogP contribution is 2.44. The lowest BCUT2D eigenvalue weighted by atomic mass is 9.84. The van der Waals surface area contributed by atoms with Gasteiger partial charge in [0.15, 0.2) is 0 Å². The van der Waals surface area contributed by atoms with Gasteiger partial charge in [-0.1, -0.05) is 23.8 Å². The molecule has 2 heteroatoms. The Morgan fingerprint density at radius 2 is 1.86 bits per heavy atom. The molecule has 2 aromatic carbocycles. The summed E-state index contributed by atoms with van der Waals surface area (Å²) in [5.41, 5.74) is 8.90. The Morgan fingerprint density at radius 1 is 1.05 bits per heavy atom. The lowest BCUT2D eigenvalue weighted by Crippen LogP contribution is -2.35. The van der Waals surface area contributed by atoms with E-state index < -0.39 is 0 Å². The first-order chi connectivity index (χ1) is 10.5. The van der Waals surface area contributed by atoms with Crippen LogP contribution in [0.3, 0.4) is 0 Å². The fourth-order valence-corrected chi connectivity index (χ4v) is 3.31. The minimum absolute atomic E-state index is 0.00521. The van der Waals surface area contributed by atoms with Gasteiger partial charge in [0.1, 0.15) is 12.4 Å². The Morgan fingerprint density at radius 3 is 2.68 bits per heavy atom. The molecule has 0 saturated heterocycles. The fourth-order valence-electron chi connectivity index (χ4n) is 3.31. The molecule has 0 unspecified atom stereocenters. The van der Waals surface area contributed by atoms with Gasteiger partial charge in [-0.3, -0.25) is 0 Å². The van der Waals surface area contributed by atoms with E-state index in [1.165, 1.54) is 39.1 Å². The summed E-state index contributed by atoms with van der Waals surface area (Å²) >= 11 is 0. The Labute approximate surface area is 131 Å². The highest BCUT2D eigenvalue weighted by atomic mass is 16.5. The summed E-state index contributed by atoms with van der Waals surface area (Å²) < 4.78 is 6.00. The number of hydrogen-bond acceptors (Lipinski definition) is 2. The third kappa shape index (κ3) is 1.87. The number of rotatable bonds is 0. The zero-order chi connectivity index (χ0) is 15.5. The highest BCUT2D eigenvalue weighted by molar-refractivity contribution is 5.86. The van der Waals surface area contributed by atoms with E-state index in [2.05, 4.69) is 69.4 Å². The standard InChI is InChI=1S/C20H21NO/c1-12-5-8-19-16(9-12)14-6-7-18-15(17(14)11-22-19)10-13(2)20(3,4)21-18/h5-10,21H,11H2,1-4H3. The SMILES string of the molecule is CC1=Cc2c(ccc3c2COc2ccc(C)cc2-3)NC1(C)C. The van der Waals surface area contributed by atoms with E-state index in [-0.39, 0.29) is 5.54 Å². The largest absolute Gasteiger partial charge is 0.488 e. The minimum Gasteiger partial charge on any atom is -0.488 e. The Bertz CT molecular complexity index is 815. The molecule has 2 heterocycles. The van der Waals surface area contributed by atoms with Crippen LogP contribution in [0.25, 0.3) is 17.2 Å². The zero-order valence-electron chi connectivity index (χ0n) is 13.6. The van der Waals surface area contributed by atoms with Gasteiger partial charge in [-0.2, -0.15) is 0 Å². The average Bonchev–Trinajstić information content (AvgIpc) is 2.47. The summed E-state index contributed by atoms with van der Waals surface area (Å²) in [6.45, 7) is 9.39. The number of aryl methyl sites for hydroxylation is 1. The number of benzene rings is 2. The first-order valence-electron chi connectivity index (χ1n) is 7.82. The van der Waals surface area contributed by atoms with Crippen molar-refractivity contribution in [3.05, 3.63) is 52.6 Å². The molecule has 2 aliphatic rings. The predicted octanol–water partition coefficient (Wildman–Crippen LogP) is 5.16. The van der Waals surface area contributed by atoms with Gasteiger partial charge >= 0.3 is 0 Å². The van der Waals surface area contributed by atoms with E-state index in [9.17, 15) is 0 Å². The molecule has 4 rings (SSSR count). The smallest absolute Gasteiger partial charge is 0.127 e. The van der Waals surface area contributed by atoms with E-state index in [4.69, 9.17) is 4.74 Å². The zero-order valence-corrected chi connectivity index (χ0v) is 13.6. The summed E-state index contributed by atoms with van der Waals surface area (Å²) in [6.07, 6.45) is 2.31. The van der Waals surface area contributed by atoms with Crippen molar-refractivity contribution in [1.29, 1.82) is 0 Å². The van der Waals surface area contributed by atoms with Crippen molar-refractivity contribution in [1.82, 2.24) is 0 Å². The third-order valence-electron chi connectivity index (χ3n) is 4.95. The Balaban J connectivity index is 1.95. The van der Waals surface area contributed by atoms with Gasteiger partial charge in [-0.25, -0.2) is 0 Å². The summed E-state index contributed by atoms with van der Waals surface area (Å²) in [6, 6.07) is 10.8.